The highest BCUT2D eigenvalue weighted by atomic mass is 79.9. The molecular weight excluding hydrogens is 574 g/mol. The second kappa shape index (κ2) is 13.7. The Kier molecular flexibility index (Phi) is 9.83. The number of rotatable bonds is 9. The van der Waals surface area contributed by atoms with E-state index < -0.39 is 0 Å². The maximum atomic E-state index is 12.8. The molecule has 0 radical (unpaired) electrons. The summed E-state index contributed by atoms with van der Waals surface area (Å²) in [5.41, 5.74) is 3.69. The summed E-state index contributed by atoms with van der Waals surface area (Å²) in [6, 6.07) is 31.7. The van der Waals surface area contributed by atoms with Crippen molar-refractivity contribution in [1.82, 2.24) is 10.6 Å². The van der Waals surface area contributed by atoms with Crippen LogP contribution in [0.5, 0.6) is 5.75 Å². The summed E-state index contributed by atoms with van der Waals surface area (Å²) in [4.78, 5) is 25.5. The van der Waals surface area contributed by atoms with E-state index in [1.54, 1.807) is 42.5 Å². The third kappa shape index (κ3) is 8.24. The first kappa shape index (κ1) is 28.0. The van der Waals surface area contributed by atoms with Gasteiger partial charge in [0.1, 0.15) is 5.75 Å². The predicted molar refractivity (Wildman–Crippen MR) is 162 cm³/mol. The normalized spacial score (nSPS) is 11.2. The van der Waals surface area contributed by atoms with Crippen LogP contribution in [0.2, 0.25) is 0 Å². The van der Waals surface area contributed by atoms with E-state index >= 15 is 0 Å². The molecule has 39 heavy (non-hydrogen) atoms. The van der Waals surface area contributed by atoms with Gasteiger partial charge < -0.3 is 15.4 Å². The van der Waals surface area contributed by atoms with Crippen LogP contribution in [0, 0.1) is 0 Å². The van der Waals surface area contributed by atoms with E-state index in [9.17, 15) is 9.59 Å². The van der Waals surface area contributed by atoms with Gasteiger partial charge in [0, 0.05) is 23.2 Å². The first-order valence-electron chi connectivity index (χ1n) is 12.4. The molecule has 4 aromatic rings. The lowest BCUT2D eigenvalue weighted by Gasteiger charge is -2.15. The zero-order valence-corrected chi connectivity index (χ0v) is 23.7. The Morgan fingerprint density at radius 2 is 1.54 bits per heavy atom. The molecule has 198 valence electrons. The van der Waals surface area contributed by atoms with Crippen LogP contribution in [0.25, 0.3) is 0 Å². The molecule has 4 aromatic carbocycles. The lowest BCUT2D eigenvalue weighted by molar-refractivity contribution is 0.0938. The van der Waals surface area contributed by atoms with Gasteiger partial charge in [-0.1, -0.05) is 66.7 Å². The standard InChI is InChI=1S/C31H28BrN3O3S/c1-21(23-11-6-3-7-12-23)33-29(36)24-13-8-14-26(19-24)34-31(39)35-30(37)25-15-16-28(27(32)20-25)38-18-17-22-9-4-2-5-10-22/h2-16,19-21H,17-18H2,1H3,(H,33,36)(H2,34,35,37,39). The maximum absolute atomic E-state index is 12.8. The molecule has 2 amide bonds. The van der Waals surface area contributed by atoms with E-state index in [1.807, 2.05) is 55.5 Å². The van der Waals surface area contributed by atoms with E-state index in [2.05, 4.69) is 44.0 Å². The molecule has 0 saturated heterocycles. The summed E-state index contributed by atoms with van der Waals surface area (Å²) >= 11 is 8.82. The van der Waals surface area contributed by atoms with Gasteiger partial charge in [0.2, 0.25) is 0 Å². The molecule has 0 spiro atoms. The number of carbonyl (C=O) groups excluding carboxylic acids is 2. The molecule has 6 nitrogen and oxygen atoms in total. The van der Waals surface area contributed by atoms with Crippen LogP contribution in [-0.4, -0.2) is 23.5 Å². The first-order chi connectivity index (χ1) is 18.9. The minimum atomic E-state index is -0.366. The molecule has 0 bridgehead atoms. The molecule has 4 rings (SSSR count). The Labute approximate surface area is 241 Å². The molecule has 0 aliphatic heterocycles. The number of thiocarbonyl (C=S) groups is 1. The first-order valence-corrected chi connectivity index (χ1v) is 13.6. The Hall–Kier alpha value is -4.01. The lowest BCUT2D eigenvalue weighted by Crippen LogP contribution is -2.34. The van der Waals surface area contributed by atoms with Gasteiger partial charge in [-0.25, -0.2) is 0 Å². The fourth-order valence-corrected chi connectivity index (χ4v) is 4.57. The molecule has 1 atom stereocenters. The van der Waals surface area contributed by atoms with Gasteiger partial charge in [0.15, 0.2) is 5.11 Å². The van der Waals surface area contributed by atoms with Gasteiger partial charge in [0.05, 0.1) is 17.1 Å². The van der Waals surface area contributed by atoms with Gasteiger partial charge >= 0.3 is 0 Å². The lowest BCUT2D eigenvalue weighted by atomic mass is 10.1. The summed E-state index contributed by atoms with van der Waals surface area (Å²) < 4.78 is 6.54. The zero-order valence-electron chi connectivity index (χ0n) is 21.3. The fourth-order valence-electron chi connectivity index (χ4n) is 3.86. The zero-order chi connectivity index (χ0) is 27.6. The van der Waals surface area contributed by atoms with Crippen molar-refractivity contribution in [3.05, 3.63) is 130 Å². The number of hydrogen-bond acceptors (Lipinski definition) is 4. The number of carbonyl (C=O) groups is 2. The van der Waals surface area contributed by atoms with Crippen molar-refractivity contribution >= 4 is 50.8 Å². The average molecular weight is 603 g/mol. The summed E-state index contributed by atoms with van der Waals surface area (Å²) in [5.74, 6) is 0.0790. The molecule has 8 heteroatoms. The number of amides is 2. The highest BCUT2D eigenvalue weighted by molar-refractivity contribution is 9.10. The minimum absolute atomic E-state index is 0.120. The number of halogens is 1. The van der Waals surface area contributed by atoms with Crippen LogP contribution in [0.4, 0.5) is 5.69 Å². The van der Waals surface area contributed by atoms with Crippen LogP contribution in [0.3, 0.4) is 0 Å². The summed E-state index contributed by atoms with van der Waals surface area (Å²) in [6.07, 6.45) is 0.782. The largest absolute Gasteiger partial charge is 0.492 e. The Balaban J connectivity index is 1.29. The van der Waals surface area contributed by atoms with Crippen molar-refractivity contribution in [1.29, 1.82) is 0 Å². The van der Waals surface area contributed by atoms with E-state index in [-0.39, 0.29) is 23.0 Å². The van der Waals surface area contributed by atoms with Crippen molar-refractivity contribution in [3.8, 4) is 5.75 Å². The highest BCUT2D eigenvalue weighted by Crippen LogP contribution is 2.26. The molecule has 0 aliphatic carbocycles. The van der Waals surface area contributed by atoms with Gasteiger partial charge in [-0.3, -0.25) is 14.9 Å². The third-order valence-corrected chi connectivity index (χ3v) is 6.77. The summed E-state index contributed by atoms with van der Waals surface area (Å²) in [7, 11) is 0. The van der Waals surface area contributed by atoms with Gasteiger partial charge in [0.25, 0.3) is 11.8 Å². The Morgan fingerprint density at radius 1 is 0.846 bits per heavy atom. The Morgan fingerprint density at radius 3 is 2.26 bits per heavy atom. The molecular formula is C31H28BrN3O3S. The average Bonchev–Trinajstić information content (AvgIpc) is 2.95. The van der Waals surface area contributed by atoms with E-state index in [1.165, 1.54) is 5.56 Å². The van der Waals surface area contributed by atoms with E-state index in [0.29, 0.717) is 33.6 Å². The van der Waals surface area contributed by atoms with Gasteiger partial charge in [-0.05, 0) is 82.6 Å². The van der Waals surface area contributed by atoms with Crippen molar-refractivity contribution in [2.45, 2.75) is 19.4 Å². The van der Waals surface area contributed by atoms with Crippen LogP contribution < -0.4 is 20.7 Å². The number of hydrogen-bond donors (Lipinski definition) is 3. The third-order valence-electron chi connectivity index (χ3n) is 5.94. The minimum Gasteiger partial charge on any atom is -0.492 e. The van der Waals surface area contributed by atoms with E-state index in [4.69, 9.17) is 17.0 Å². The van der Waals surface area contributed by atoms with Crippen LogP contribution in [0.1, 0.15) is 44.8 Å². The van der Waals surface area contributed by atoms with Crippen molar-refractivity contribution in [2.24, 2.45) is 0 Å². The van der Waals surface area contributed by atoms with Crippen LogP contribution in [0.15, 0.2) is 108 Å². The summed E-state index contributed by atoms with van der Waals surface area (Å²) in [5, 5.41) is 8.77. The fraction of sp³-hybridized carbons (Fsp3) is 0.129. The van der Waals surface area contributed by atoms with Gasteiger partial charge in [-0.2, -0.15) is 0 Å². The molecule has 3 N–H and O–H groups in total. The number of anilines is 1. The maximum Gasteiger partial charge on any atom is 0.257 e. The second-order valence-corrected chi connectivity index (χ2v) is 10.1. The molecule has 1 unspecified atom stereocenters. The quantitative estimate of drug-likeness (QED) is 0.186. The molecule has 0 saturated carbocycles. The highest BCUT2D eigenvalue weighted by Gasteiger charge is 2.14. The molecule has 0 aliphatic rings. The summed E-state index contributed by atoms with van der Waals surface area (Å²) in [6.45, 7) is 2.45. The molecule has 0 fully saturated rings. The smallest absolute Gasteiger partial charge is 0.257 e. The molecule has 0 heterocycles. The van der Waals surface area contributed by atoms with E-state index in [0.717, 1.165) is 12.0 Å². The van der Waals surface area contributed by atoms with Crippen LogP contribution in [-0.2, 0) is 6.42 Å². The van der Waals surface area contributed by atoms with Gasteiger partial charge in [-0.15, -0.1) is 0 Å². The second-order valence-electron chi connectivity index (χ2n) is 8.82. The Bertz CT molecular complexity index is 1450. The number of ether oxygens (including phenoxy) is 1. The molecule has 0 aromatic heterocycles. The van der Waals surface area contributed by atoms with Crippen molar-refractivity contribution in [3.63, 3.8) is 0 Å². The topological polar surface area (TPSA) is 79.5 Å². The number of benzene rings is 4. The number of nitrogens with one attached hydrogen (secondary N) is 3. The monoisotopic (exact) mass is 601 g/mol. The van der Waals surface area contributed by atoms with Crippen LogP contribution >= 0.6 is 28.1 Å². The van der Waals surface area contributed by atoms with Crippen molar-refractivity contribution in [2.75, 3.05) is 11.9 Å². The SMILES string of the molecule is CC(NC(=O)c1cccc(NC(=S)NC(=O)c2ccc(OCCc3ccccc3)c(Br)c2)c1)c1ccccc1. The predicted octanol–water partition coefficient (Wildman–Crippen LogP) is 6.69. The van der Waals surface area contributed by atoms with Crippen molar-refractivity contribution < 1.29 is 14.3 Å².